The molecule has 0 aliphatic carbocycles. The van der Waals surface area contributed by atoms with Gasteiger partial charge in [-0.05, 0) is 24.0 Å². The SMILES string of the molecule is CC(CO)CS(=O)(=O)CCc1ccccc1Cl. The molecule has 0 fully saturated rings. The molecular weight excluding hydrogens is 260 g/mol. The van der Waals surface area contributed by atoms with E-state index in [0.717, 1.165) is 5.56 Å². The van der Waals surface area contributed by atoms with E-state index in [-0.39, 0.29) is 24.0 Å². The summed E-state index contributed by atoms with van der Waals surface area (Å²) in [5.41, 5.74) is 0.842. The van der Waals surface area contributed by atoms with Crippen molar-refractivity contribution >= 4 is 21.4 Å². The third-order valence-corrected chi connectivity index (χ3v) is 4.76. The lowest BCUT2D eigenvalue weighted by molar-refractivity contribution is 0.249. The predicted octanol–water partition coefficient (Wildman–Crippen LogP) is 1.93. The van der Waals surface area contributed by atoms with Crippen molar-refractivity contribution in [2.75, 3.05) is 18.1 Å². The summed E-state index contributed by atoms with van der Waals surface area (Å²) in [4.78, 5) is 0. The Kier molecular flexibility index (Phi) is 5.43. The van der Waals surface area contributed by atoms with E-state index in [9.17, 15) is 8.42 Å². The zero-order chi connectivity index (χ0) is 12.9. The fourth-order valence-corrected chi connectivity index (χ4v) is 3.44. The molecular formula is C12H17ClO3S. The molecule has 0 saturated heterocycles. The van der Waals surface area contributed by atoms with Crippen LogP contribution in [0.5, 0.6) is 0 Å². The first kappa shape index (κ1) is 14.5. The van der Waals surface area contributed by atoms with Crippen LogP contribution in [-0.4, -0.2) is 31.6 Å². The van der Waals surface area contributed by atoms with Gasteiger partial charge in [0, 0.05) is 11.6 Å². The molecule has 5 heteroatoms. The molecule has 1 aromatic carbocycles. The standard InChI is InChI=1S/C12H17ClO3S/c1-10(8-14)9-17(15,16)7-6-11-4-2-3-5-12(11)13/h2-5,10,14H,6-9H2,1H3. The fraction of sp³-hybridized carbons (Fsp3) is 0.500. The van der Waals surface area contributed by atoms with Crippen LogP contribution >= 0.6 is 11.6 Å². The number of aliphatic hydroxyl groups excluding tert-OH is 1. The summed E-state index contributed by atoms with van der Waals surface area (Å²) < 4.78 is 23.5. The van der Waals surface area contributed by atoms with E-state index in [1.54, 1.807) is 13.0 Å². The number of sulfone groups is 1. The van der Waals surface area contributed by atoms with Crippen molar-refractivity contribution in [2.45, 2.75) is 13.3 Å². The van der Waals surface area contributed by atoms with E-state index in [2.05, 4.69) is 0 Å². The molecule has 1 atom stereocenters. The maximum Gasteiger partial charge on any atom is 0.150 e. The molecule has 0 amide bonds. The molecule has 1 N–H and O–H groups in total. The molecule has 96 valence electrons. The molecule has 0 radical (unpaired) electrons. The number of rotatable bonds is 6. The Bertz CT molecular complexity index is 457. The minimum Gasteiger partial charge on any atom is -0.396 e. The average molecular weight is 277 g/mol. The lowest BCUT2D eigenvalue weighted by Gasteiger charge is -2.09. The second-order valence-electron chi connectivity index (χ2n) is 4.24. The van der Waals surface area contributed by atoms with Gasteiger partial charge in [0.1, 0.15) is 0 Å². The van der Waals surface area contributed by atoms with Crippen LogP contribution in [0, 0.1) is 5.92 Å². The van der Waals surface area contributed by atoms with Crippen molar-refractivity contribution in [1.82, 2.24) is 0 Å². The smallest absolute Gasteiger partial charge is 0.150 e. The fourth-order valence-electron chi connectivity index (χ4n) is 1.54. The van der Waals surface area contributed by atoms with Crippen molar-refractivity contribution < 1.29 is 13.5 Å². The van der Waals surface area contributed by atoms with Gasteiger partial charge in [-0.15, -0.1) is 0 Å². The molecule has 0 saturated carbocycles. The Morgan fingerprint density at radius 1 is 1.35 bits per heavy atom. The van der Waals surface area contributed by atoms with Crippen molar-refractivity contribution in [3.05, 3.63) is 34.9 Å². The third kappa shape index (κ3) is 5.06. The van der Waals surface area contributed by atoms with Gasteiger partial charge in [0.2, 0.25) is 0 Å². The Hall–Kier alpha value is -0.580. The van der Waals surface area contributed by atoms with Gasteiger partial charge < -0.3 is 5.11 Å². The predicted molar refractivity (Wildman–Crippen MR) is 70.1 cm³/mol. The van der Waals surface area contributed by atoms with Crippen LogP contribution in [0.1, 0.15) is 12.5 Å². The van der Waals surface area contributed by atoms with Gasteiger partial charge in [-0.1, -0.05) is 36.7 Å². The van der Waals surface area contributed by atoms with Gasteiger partial charge >= 0.3 is 0 Å². The third-order valence-electron chi connectivity index (χ3n) is 2.49. The second-order valence-corrected chi connectivity index (χ2v) is 6.88. The van der Waals surface area contributed by atoms with E-state index in [1.807, 2.05) is 18.2 Å². The van der Waals surface area contributed by atoms with Crippen molar-refractivity contribution in [2.24, 2.45) is 5.92 Å². The summed E-state index contributed by atoms with van der Waals surface area (Å²) in [6.45, 7) is 1.61. The van der Waals surface area contributed by atoms with Crippen LogP contribution in [0.2, 0.25) is 5.02 Å². The lowest BCUT2D eigenvalue weighted by Crippen LogP contribution is -2.20. The van der Waals surface area contributed by atoms with Crippen molar-refractivity contribution in [3.8, 4) is 0 Å². The zero-order valence-electron chi connectivity index (χ0n) is 9.77. The van der Waals surface area contributed by atoms with Crippen LogP contribution in [-0.2, 0) is 16.3 Å². The topological polar surface area (TPSA) is 54.4 Å². The first-order chi connectivity index (χ1) is 7.94. The summed E-state index contributed by atoms with van der Waals surface area (Å²) >= 11 is 5.95. The summed E-state index contributed by atoms with van der Waals surface area (Å²) in [5.74, 6) is -0.124. The summed E-state index contributed by atoms with van der Waals surface area (Å²) in [5, 5.41) is 9.44. The number of hydrogen-bond donors (Lipinski definition) is 1. The van der Waals surface area contributed by atoms with Crippen LogP contribution in [0.15, 0.2) is 24.3 Å². The number of aryl methyl sites for hydroxylation is 1. The Morgan fingerprint density at radius 2 is 2.00 bits per heavy atom. The van der Waals surface area contributed by atoms with Gasteiger partial charge in [-0.3, -0.25) is 0 Å². The monoisotopic (exact) mass is 276 g/mol. The highest BCUT2D eigenvalue weighted by atomic mass is 35.5. The maximum atomic E-state index is 11.7. The van der Waals surface area contributed by atoms with Crippen molar-refractivity contribution in [3.63, 3.8) is 0 Å². The van der Waals surface area contributed by atoms with Gasteiger partial charge in [-0.2, -0.15) is 0 Å². The van der Waals surface area contributed by atoms with E-state index >= 15 is 0 Å². The molecule has 0 aromatic heterocycles. The van der Waals surface area contributed by atoms with Crippen LogP contribution in [0.4, 0.5) is 0 Å². The normalized spacial score (nSPS) is 13.6. The van der Waals surface area contributed by atoms with Gasteiger partial charge in [0.25, 0.3) is 0 Å². The van der Waals surface area contributed by atoms with Gasteiger partial charge in [-0.25, -0.2) is 8.42 Å². The minimum atomic E-state index is -3.13. The molecule has 3 nitrogen and oxygen atoms in total. The van der Waals surface area contributed by atoms with E-state index in [1.165, 1.54) is 0 Å². The Morgan fingerprint density at radius 3 is 2.59 bits per heavy atom. The van der Waals surface area contributed by atoms with Gasteiger partial charge in [0.15, 0.2) is 9.84 Å². The number of aliphatic hydroxyl groups is 1. The number of halogens is 1. The van der Waals surface area contributed by atoms with E-state index in [4.69, 9.17) is 16.7 Å². The first-order valence-corrected chi connectivity index (χ1v) is 7.69. The Balaban J connectivity index is 2.59. The molecule has 0 bridgehead atoms. The van der Waals surface area contributed by atoms with Crippen LogP contribution < -0.4 is 0 Å². The lowest BCUT2D eigenvalue weighted by atomic mass is 10.2. The molecule has 17 heavy (non-hydrogen) atoms. The van der Waals surface area contributed by atoms with E-state index in [0.29, 0.717) is 11.4 Å². The average Bonchev–Trinajstić information content (AvgIpc) is 2.27. The zero-order valence-corrected chi connectivity index (χ0v) is 11.3. The van der Waals surface area contributed by atoms with Crippen LogP contribution in [0.25, 0.3) is 0 Å². The van der Waals surface area contributed by atoms with Gasteiger partial charge in [0.05, 0.1) is 11.5 Å². The highest BCUT2D eigenvalue weighted by molar-refractivity contribution is 7.91. The highest BCUT2D eigenvalue weighted by Gasteiger charge is 2.15. The molecule has 1 rings (SSSR count). The van der Waals surface area contributed by atoms with E-state index < -0.39 is 9.84 Å². The minimum absolute atomic E-state index is 0.0218. The number of benzene rings is 1. The van der Waals surface area contributed by atoms with Crippen molar-refractivity contribution in [1.29, 1.82) is 0 Å². The quantitative estimate of drug-likeness (QED) is 0.864. The molecule has 0 spiro atoms. The first-order valence-electron chi connectivity index (χ1n) is 5.49. The summed E-state index contributed by atoms with van der Waals surface area (Å²) in [6.07, 6.45) is 0.417. The second kappa shape index (κ2) is 6.38. The summed E-state index contributed by atoms with van der Waals surface area (Å²) in [6, 6.07) is 7.23. The highest BCUT2D eigenvalue weighted by Crippen LogP contribution is 2.16. The Labute approximate surface area is 107 Å². The largest absolute Gasteiger partial charge is 0.396 e. The van der Waals surface area contributed by atoms with Crippen LogP contribution in [0.3, 0.4) is 0 Å². The summed E-state index contributed by atoms with van der Waals surface area (Å²) in [7, 11) is -3.13. The molecule has 1 aromatic rings. The maximum absolute atomic E-state index is 11.7. The molecule has 0 aliphatic heterocycles. The molecule has 0 heterocycles. The molecule has 1 unspecified atom stereocenters. The molecule has 0 aliphatic rings. The number of hydrogen-bond acceptors (Lipinski definition) is 3.